The summed E-state index contributed by atoms with van der Waals surface area (Å²) in [6.07, 6.45) is 2.82. The summed E-state index contributed by atoms with van der Waals surface area (Å²) in [7, 11) is 0. The lowest BCUT2D eigenvalue weighted by molar-refractivity contribution is 0.519. The first-order chi connectivity index (χ1) is 6.61. The van der Waals surface area contributed by atoms with Gasteiger partial charge in [-0.3, -0.25) is 0 Å². The Balaban J connectivity index is 2.67. The maximum Gasteiger partial charge on any atom is 0.151 e. The number of nitrogen functional groups attached to an aromatic ring is 1. The largest absolute Gasteiger partial charge is 0.396 e. The van der Waals surface area contributed by atoms with Gasteiger partial charge in [0.15, 0.2) is 5.82 Å². The molecular formula is C11H15FN2. The van der Waals surface area contributed by atoms with Crippen LogP contribution < -0.4 is 11.5 Å². The highest BCUT2D eigenvalue weighted by atomic mass is 19.1. The van der Waals surface area contributed by atoms with E-state index in [-0.39, 0.29) is 17.5 Å². The Morgan fingerprint density at radius 2 is 2.21 bits per heavy atom. The molecule has 4 N–H and O–H groups in total. The number of aryl methyl sites for hydroxylation is 1. The van der Waals surface area contributed by atoms with Gasteiger partial charge >= 0.3 is 0 Å². The second-order valence-electron chi connectivity index (χ2n) is 3.99. The molecule has 2 rings (SSSR count). The van der Waals surface area contributed by atoms with Crippen LogP contribution in [0.25, 0.3) is 0 Å². The SMILES string of the molecule is Cc1cc(N)c(F)c2c1CCC[C@H]2N. The van der Waals surface area contributed by atoms with Crippen molar-refractivity contribution in [1.82, 2.24) is 0 Å². The molecule has 0 saturated heterocycles. The molecule has 0 amide bonds. The quantitative estimate of drug-likeness (QED) is 0.621. The van der Waals surface area contributed by atoms with E-state index in [0.717, 1.165) is 30.4 Å². The number of hydrogen-bond donors (Lipinski definition) is 2. The summed E-state index contributed by atoms with van der Waals surface area (Å²) in [5, 5.41) is 0. The molecular weight excluding hydrogens is 179 g/mol. The van der Waals surface area contributed by atoms with E-state index in [2.05, 4.69) is 0 Å². The fraction of sp³-hybridized carbons (Fsp3) is 0.455. The molecule has 2 nitrogen and oxygen atoms in total. The minimum atomic E-state index is -0.308. The molecule has 76 valence electrons. The van der Waals surface area contributed by atoms with Crippen LogP contribution in [-0.4, -0.2) is 0 Å². The number of hydrogen-bond acceptors (Lipinski definition) is 2. The fourth-order valence-corrected chi connectivity index (χ4v) is 2.25. The number of halogens is 1. The van der Waals surface area contributed by atoms with Gasteiger partial charge in [-0.05, 0) is 43.4 Å². The standard InChI is InChI=1S/C11H15FN2/c1-6-5-9(14)11(12)10-7(6)3-2-4-8(10)13/h5,8H,2-4,13-14H2,1H3/t8-/m1/s1. The van der Waals surface area contributed by atoms with E-state index < -0.39 is 0 Å². The zero-order chi connectivity index (χ0) is 10.3. The van der Waals surface area contributed by atoms with Crippen LogP contribution in [0.4, 0.5) is 10.1 Å². The Hall–Kier alpha value is -1.09. The van der Waals surface area contributed by atoms with Crippen LogP contribution in [0.5, 0.6) is 0 Å². The van der Waals surface area contributed by atoms with E-state index in [1.165, 1.54) is 0 Å². The monoisotopic (exact) mass is 194 g/mol. The second-order valence-corrected chi connectivity index (χ2v) is 3.99. The van der Waals surface area contributed by atoms with Crippen LogP contribution in [-0.2, 0) is 6.42 Å². The first-order valence-electron chi connectivity index (χ1n) is 4.94. The predicted molar refractivity (Wildman–Crippen MR) is 55.4 cm³/mol. The molecule has 1 atom stereocenters. The number of benzene rings is 1. The van der Waals surface area contributed by atoms with Crippen molar-refractivity contribution >= 4 is 5.69 Å². The molecule has 0 aromatic heterocycles. The van der Waals surface area contributed by atoms with Crippen molar-refractivity contribution < 1.29 is 4.39 Å². The number of anilines is 1. The van der Waals surface area contributed by atoms with E-state index in [4.69, 9.17) is 11.5 Å². The highest BCUT2D eigenvalue weighted by Gasteiger charge is 2.23. The summed E-state index contributed by atoms with van der Waals surface area (Å²) in [6.45, 7) is 1.96. The zero-order valence-electron chi connectivity index (χ0n) is 8.31. The number of fused-ring (bicyclic) bond motifs is 1. The van der Waals surface area contributed by atoms with Crippen LogP contribution in [0.3, 0.4) is 0 Å². The predicted octanol–water partition coefficient (Wildman–Crippen LogP) is 2.05. The van der Waals surface area contributed by atoms with Gasteiger partial charge in [-0.15, -0.1) is 0 Å². The Morgan fingerprint density at radius 1 is 1.50 bits per heavy atom. The molecule has 0 unspecified atom stereocenters. The molecule has 0 aliphatic heterocycles. The van der Waals surface area contributed by atoms with Gasteiger partial charge in [0.2, 0.25) is 0 Å². The lowest BCUT2D eigenvalue weighted by Gasteiger charge is -2.25. The summed E-state index contributed by atoms with van der Waals surface area (Å²) in [6, 6.07) is 1.52. The average molecular weight is 194 g/mol. The molecule has 1 aliphatic carbocycles. The molecule has 0 saturated carbocycles. The van der Waals surface area contributed by atoms with E-state index in [1.54, 1.807) is 6.07 Å². The van der Waals surface area contributed by atoms with Gasteiger partial charge < -0.3 is 11.5 Å². The van der Waals surface area contributed by atoms with Crippen LogP contribution >= 0.6 is 0 Å². The van der Waals surface area contributed by atoms with Crippen molar-refractivity contribution in [3.8, 4) is 0 Å². The fourth-order valence-electron chi connectivity index (χ4n) is 2.25. The molecule has 1 aliphatic rings. The van der Waals surface area contributed by atoms with E-state index in [9.17, 15) is 4.39 Å². The molecule has 0 radical (unpaired) electrons. The van der Waals surface area contributed by atoms with Crippen LogP contribution in [0.15, 0.2) is 6.07 Å². The van der Waals surface area contributed by atoms with Crippen molar-refractivity contribution in [3.05, 3.63) is 28.6 Å². The summed E-state index contributed by atoms with van der Waals surface area (Å²) in [5.41, 5.74) is 14.5. The van der Waals surface area contributed by atoms with Gasteiger partial charge in [-0.25, -0.2) is 4.39 Å². The van der Waals surface area contributed by atoms with E-state index >= 15 is 0 Å². The Kier molecular flexibility index (Phi) is 2.19. The lowest BCUT2D eigenvalue weighted by Crippen LogP contribution is -2.21. The minimum absolute atomic E-state index is 0.180. The normalized spacial score (nSPS) is 20.6. The Morgan fingerprint density at radius 3 is 2.93 bits per heavy atom. The number of nitrogens with two attached hydrogens (primary N) is 2. The van der Waals surface area contributed by atoms with Crippen molar-refractivity contribution in [3.63, 3.8) is 0 Å². The second kappa shape index (κ2) is 3.24. The average Bonchev–Trinajstić information content (AvgIpc) is 2.14. The summed E-state index contributed by atoms with van der Waals surface area (Å²) < 4.78 is 13.7. The van der Waals surface area contributed by atoms with Gasteiger partial charge in [-0.2, -0.15) is 0 Å². The highest BCUT2D eigenvalue weighted by Crippen LogP contribution is 2.34. The van der Waals surface area contributed by atoms with Crippen LogP contribution in [0, 0.1) is 12.7 Å². The number of rotatable bonds is 0. The topological polar surface area (TPSA) is 52.0 Å². The maximum absolute atomic E-state index is 13.7. The molecule has 0 fully saturated rings. The smallest absolute Gasteiger partial charge is 0.151 e. The molecule has 3 heteroatoms. The van der Waals surface area contributed by atoms with E-state index in [1.807, 2.05) is 6.92 Å². The molecule has 0 heterocycles. The molecule has 1 aromatic carbocycles. The molecule has 0 bridgehead atoms. The molecule has 14 heavy (non-hydrogen) atoms. The molecule has 0 spiro atoms. The minimum Gasteiger partial charge on any atom is -0.396 e. The van der Waals surface area contributed by atoms with Crippen molar-refractivity contribution in [2.45, 2.75) is 32.2 Å². The third-order valence-electron chi connectivity index (χ3n) is 2.98. The van der Waals surface area contributed by atoms with E-state index in [0.29, 0.717) is 5.56 Å². The van der Waals surface area contributed by atoms with Crippen molar-refractivity contribution in [2.75, 3.05) is 5.73 Å². The molecule has 1 aromatic rings. The summed E-state index contributed by atoms with van der Waals surface area (Å²) in [5.74, 6) is -0.308. The zero-order valence-corrected chi connectivity index (χ0v) is 8.31. The summed E-state index contributed by atoms with van der Waals surface area (Å²) >= 11 is 0. The van der Waals surface area contributed by atoms with Crippen LogP contribution in [0.1, 0.15) is 35.6 Å². The maximum atomic E-state index is 13.7. The van der Waals surface area contributed by atoms with Crippen LogP contribution in [0.2, 0.25) is 0 Å². The Labute approximate surface area is 83.1 Å². The first-order valence-corrected chi connectivity index (χ1v) is 4.94. The van der Waals surface area contributed by atoms with Gasteiger partial charge in [0.25, 0.3) is 0 Å². The van der Waals surface area contributed by atoms with Gasteiger partial charge in [0.05, 0.1) is 5.69 Å². The first kappa shape index (κ1) is 9.46. The van der Waals surface area contributed by atoms with Gasteiger partial charge in [-0.1, -0.05) is 0 Å². The third kappa shape index (κ3) is 1.28. The van der Waals surface area contributed by atoms with Crippen molar-refractivity contribution in [2.24, 2.45) is 5.73 Å². The van der Waals surface area contributed by atoms with Gasteiger partial charge in [0, 0.05) is 11.6 Å². The highest BCUT2D eigenvalue weighted by molar-refractivity contribution is 5.52. The van der Waals surface area contributed by atoms with Crippen molar-refractivity contribution in [1.29, 1.82) is 0 Å². The summed E-state index contributed by atoms with van der Waals surface area (Å²) in [4.78, 5) is 0. The Bertz CT molecular complexity index is 374. The van der Waals surface area contributed by atoms with Gasteiger partial charge in [0.1, 0.15) is 0 Å². The lowest BCUT2D eigenvalue weighted by atomic mass is 9.85. The third-order valence-corrected chi connectivity index (χ3v) is 2.98.